The van der Waals surface area contributed by atoms with Gasteiger partial charge in [0.05, 0.1) is 6.61 Å². The van der Waals surface area contributed by atoms with Crippen LogP contribution in [0.1, 0.15) is 12.5 Å². The van der Waals surface area contributed by atoms with Crippen LogP contribution in [0, 0.1) is 0 Å². The Morgan fingerprint density at radius 1 is 1.12 bits per heavy atom. The molecule has 0 heterocycles. The van der Waals surface area contributed by atoms with E-state index in [4.69, 9.17) is 4.74 Å². The zero-order valence-electron chi connectivity index (χ0n) is 9.07. The fourth-order valence-corrected chi connectivity index (χ4v) is 1.02. The summed E-state index contributed by atoms with van der Waals surface area (Å²) in [6.07, 6.45) is 0. The monoisotopic (exact) mass is 258 g/mol. The van der Waals surface area contributed by atoms with E-state index in [2.05, 4.69) is 0 Å². The molecule has 0 saturated heterocycles. The van der Waals surface area contributed by atoms with E-state index in [1.807, 2.05) is 54.6 Å². The summed E-state index contributed by atoms with van der Waals surface area (Å²) in [7, 11) is 0. The zero-order chi connectivity index (χ0) is 10.9. The van der Waals surface area contributed by atoms with Crippen molar-refractivity contribution in [3.05, 3.63) is 60.2 Å². The van der Waals surface area contributed by atoms with Gasteiger partial charge in [0.2, 0.25) is 0 Å². The van der Waals surface area contributed by atoms with Crippen LogP contribution in [-0.4, -0.2) is 5.97 Å². The van der Waals surface area contributed by atoms with Gasteiger partial charge >= 0.3 is 5.97 Å². The number of carbonyl (C=O) groups excluding carboxylic acids is 1. The molecule has 0 radical (unpaired) electrons. The van der Waals surface area contributed by atoms with Crippen LogP contribution in [0.25, 0.3) is 0 Å². The van der Waals surface area contributed by atoms with E-state index in [0.29, 0.717) is 6.61 Å². The minimum Gasteiger partial charge on any atom is -0.748 e. The van der Waals surface area contributed by atoms with Gasteiger partial charge < -0.3 is 35.1 Å². The molecule has 2 rings (SSSR count). The van der Waals surface area contributed by atoms with Crippen LogP contribution >= 0.6 is 0 Å². The van der Waals surface area contributed by atoms with Crippen LogP contribution in [0.3, 0.4) is 0 Å². The summed E-state index contributed by atoms with van der Waals surface area (Å²) >= 11 is 0. The van der Waals surface area contributed by atoms with Crippen LogP contribution in [0.2, 0.25) is 0 Å². The summed E-state index contributed by atoms with van der Waals surface area (Å²) in [6.45, 7) is 1.80. The van der Waals surface area contributed by atoms with Crippen LogP contribution in [0.15, 0.2) is 54.6 Å². The Hall–Kier alpha value is -1.31. The molecule has 0 saturated carbocycles. The Morgan fingerprint density at radius 3 is 1.94 bits per heavy atom. The molecule has 92 valence electrons. The van der Waals surface area contributed by atoms with Crippen molar-refractivity contribution in [3.8, 4) is 0 Å². The molecule has 0 atom stereocenters. The summed E-state index contributed by atoms with van der Waals surface area (Å²) in [5.41, 5.74) is 1.04. The molecule has 0 bridgehead atoms. The third-order valence-corrected chi connectivity index (χ3v) is 1.73. The van der Waals surface area contributed by atoms with Gasteiger partial charge in [-0.3, -0.25) is 4.79 Å². The molecule has 2 aromatic carbocycles. The third kappa shape index (κ3) is 7.04. The van der Waals surface area contributed by atoms with Gasteiger partial charge in [0.15, 0.2) is 0 Å². The van der Waals surface area contributed by atoms with Crippen molar-refractivity contribution in [3.63, 3.8) is 0 Å². The van der Waals surface area contributed by atoms with E-state index in [-0.39, 0.29) is 23.0 Å². The molecule has 0 aliphatic rings. The first-order valence-electron chi connectivity index (χ1n) is 4.79. The van der Waals surface area contributed by atoms with E-state index >= 15 is 0 Å². The van der Waals surface area contributed by atoms with Crippen molar-refractivity contribution >= 4 is 5.97 Å². The van der Waals surface area contributed by atoms with Crippen molar-refractivity contribution in [1.29, 1.82) is 0 Å². The molecule has 0 N–H and O–H groups in total. The van der Waals surface area contributed by atoms with Crippen molar-refractivity contribution in [1.82, 2.24) is 0 Å². The molecule has 0 amide bonds. The SMILES string of the molecule is CC(=O)OC[c-]1cccc1.[Fe].[cH-]1[cH-][cH-][cH-][cH-]1. The number of esters is 1. The van der Waals surface area contributed by atoms with Gasteiger partial charge in [0, 0.05) is 24.0 Å². The molecule has 0 aliphatic heterocycles. The van der Waals surface area contributed by atoms with Crippen LogP contribution < -0.4 is 0 Å². The second-order valence-corrected chi connectivity index (χ2v) is 3.04. The van der Waals surface area contributed by atoms with E-state index in [1.165, 1.54) is 6.92 Å². The minimum absolute atomic E-state index is 0. The average molecular weight is 258 g/mol. The summed E-state index contributed by atoms with van der Waals surface area (Å²) in [4.78, 5) is 10.3. The number of carbonyl (C=O) groups is 1. The summed E-state index contributed by atoms with van der Waals surface area (Å²) in [6, 6.07) is 17.7. The van der Waals surface area contributed by atoms with Crippen molar-refractivity contribution in [2.45, 2.75) is 13.5 Å². The van der Waals surface area contributed by atoms with Gasteiger partial charge in [-0.25, -0.2) is 12.1 Å². The predicted molar refractivity (Wildman–Crippen MR) is 59.5 cm³/mol. The van der Waals surface area contributed by atoms with Crippen LogP contribution in [0.4, 0.5) is 0 Å². The predicted octanol–water partition coefficient (Wildman–Crippen LogP) is 2.87. The minimum atomic E-state index is -0.235. The molecule has 2 nitrogen and oxygen atoms in total. The molecule has 2 aromatic rings. The van der Waals surface area contributed by atoms with Crippen molar-refractivity contribution in [2.24, 2.45) is 0 Å². The van der Waals surface area contributed by atoms with Gasteiger partial charge in [0.25, 0.3) is 0 Å². The number of rotatable bonds is 2. The first-order valence-corrected chi connectivity index (χ1v) is 4.79. The van der Waals surface area contributed by atoms with Crippen molar-refractivity contribution in [2.75, 3.05) is 0 Å². The Kier molecular flexibility index (Phi) is 8.22. The zero-order valence-corrected chi connectivity index (χ0v) is 10.2. The molecule has 0 unspecified atom stereocenters. The maximum Gasteiger partial charge on any atom is 0.301 e. The Labute approximate surface area is 106 Å². The fraction of sp³-hybridized carbons (Fsp3) is 0.154. The molecule has 0 spiro atoms. The van der Waals surface area contributed by atoms with Crippen LogP contribution in [-0.2, 0) is 33.2 Å². The maximum atomic E-state index is 10.3. The molecule has 0 aliphatic carbocycles. The van der Waals surface area contributed by atoms with Gasteiger partial charge in [0.1, 0.15) is 0 Å². The molecular formula is C13H14FeO2-6. The van der Waals surface area contributed by atoms with Gasteiger partial charge in [-0.2, -0.15) is 12.1 Å². The summed E-state index contributed by atoms with van der Waals surface area (Å²) in [5, 5.41) is 0. The maximum absolute atomic E-state index is 10.3. The van der Waals surface area contributed by atoms with E-state index in [9.17, 15) is 4.79 Å². The normalized spacial score (nSPS) is 8.31. The summed E-state index contributed by atoms with van der Waals surface area (Å²) < 4.78 is 4.75. The molecule has 0 fully saturated rings. The number of hydrogen-bond donors (Lipinski definition) is 0. The van der Waals surface area contributed by atoms with Crippen molar-refractivity contribution < 1.29 is 26.6 Å². The first-order chi connectivity index (χ1) is 7.29. The number of hydrogen-bond acceptors (Lipinski definition) is 2. The Morgan fingerprint density at radius 2 is 1.56 bits per heavy atom. The van der Waals surface area contributed by atoms with Gasteiger partial charge in [-0.1, -0.05) is 0 Å². The molecule has 3 heteroatoms. The average Bonchev–Trinajstić information content (AvgIpc) is 2.91. The quantitative estimate of drug-likeness (QED) is 0.470. The smallest absolute Gasteiger partial charge is 0.301 e. The summed E-state index contributed by atoms with van der Waals surface area (Å²) in [5.74, 6) is -0.235. The second kappa shape index (κ2) is 8.95. The third-order valence-electron chi connectivity index (χ3n) is 1.73. The van der Waals surface area contributed by atoms with E-state index in [0.717, 1.165) is 5.56 Å². The Bertz CT molecular complexity index is 332. The topological polar surface area (TPSA) is 26.3 Å². The van der Waals surface area contributed by atoms with E-state index in [1.54, 1.807) is 0 Å². The fourth-order valence-electron chi connectivity index (χ4n) is 1.02. The van der Waals surface area contributed by atoms with E-state index < -0.39 is 0 Å². The molecule has 16 heavy (non-hydrogen) atoms. The van der Waals surface area contributed by atoms with Crippen LogP contribution in [0.5, 0.6) is 0 Å². The van der Waals surface area contributed by atoms with Gasteiger partial charge in [-0.15, -0.1) is 5.56 Å². The molecular weight excluding hydrogens is 244 g/mol. The van der Waals surface area contributed by atoms with Gasteiger partial charge in [-0.05, 0) is 0 Å². The second-order valence-electron chi connectivity index (χ2n) is 3.04. The largest absolute Gasteiger partial charge is 0.748 e. The number of ether oxygens (including phenoxy) is 1. The Balaban J connectivity index is 0.000000318. The first kappa shape index (κ1) is 14.7. The standard InChI is InChI=1S/C8H9O2.C5H5.Fe/c1-7(9)10-6-8-4-2-3-5-8;1-2-4-5-3-1;/h2-5H,6H2,1H3;1-5H;/q-1;-5;. The molecule has 0 aromatic heterocycles.